The summed E-state index contributed by atoms with van der Waals surface area (Å²) >= 11 is 0. The number of aromatic nitrogens is 1. The Morgan fingerprint density at radius 3 is 1.79 bits per heavy atom. The van der Waals surface area contributed by atoms with Gasteiger partial charge < -0.3 is 14.6 Å². The van der Waals surface area contributed by atoms with Crippen LogP contribution >= 0.6 is 0 Å². The molecule has 0 radical (unpaired) electrons. The largest absolute Gasteiger partial charge is 0.497 e. The fraction of sp³-hybridized carbons (Fsp3) is 0.292. The van der Waals surface area contributed by atoms with E-state index in [2.05, 4.69) is 4.98 Å². The number of methoxy groups -OCH3 is 2. The minimum Gasteiger partial charge on any atom is -0.497 e. The molecule has 33 heavy (non-hydrogen) atoms. The van der Waals surface area contributed by atoms with E-state index in [1.165, 1.54) is 17.3 Å². The number of halogens is 1. The molecule has 0 aliphatic heterocycles. The van der Waals surface area contributed by atoms with Gasteiger partial charge in [0.1, 0.15) is 28.7 Å². The molecule has 0 fully saturated rings. The number of benzene rings is 2. The van der Waals surface area contributed by atoms with E-state index in [4.69, 9.17) is 9.47 Å². The summed E-state index contributed by atoms with van der Waals surface area (Å²) in [5.41, 5.74) is 1.60. The van der Waals surface area contributed by atoms with Crippen LogP contribution in [0.5, 0.6) is 11.5 Å². The van der Waals surface area contributed by atoms with Gasteiger partial charge in [-0.2, -0.15) is 4.31 Å². The van der Waals surface area contributed by atoms with Gasteiger partial charge in [-0.1, -0.05) is 24.3 Å². The van der Waals surface area contributed by atoms with Gasteiger partial charge in [-0.3, -0.25) is 4.98 Å². The van der Waals surface area contributed by atoms with Crippen molar-refractivity contribution in [2.24, 2.45) is 0 Å². The first-order chi connectivity index (χ1) is 15.7. The number of rotatable bonds is 10. The minimum atomic E-state index is -4.00. The van der Waals surface area contributed by atoms with Crippen LogP contribution in [-0.2, 0) is 23.1 Å². The molecule has 0 aliphatic carbocycles. The van der Waals surface area contributed by atoms with Crippen LogP contribution < -0.4 is 9.47 Å². The Morgan fingerprint density at radius 1 is 0.909 bits per heavy atom. The molecular formula is C24H27FN2O5S. The molecule has 0 spiro atoms. The Morgan fingerprint density at radius 2 is 1.39 bits per heavy atom. The number of hydrogen-bond acceptors (Lipinski definition) is 6. The quantitative estimate of drug-likeness (QED) is 0.482. The standard InChI is InChI=1S/C24H27FN2O5S/c1-17(24(28)23-13-8-20(25)14-26-23)33(29,30)27(15-18-4-9-21(31-2)10-5-18)16-19-6-11-22(32-3)12-7-19/h4-14,17,24,28H,15-16H2,1-3H3/t17-,24-/m0/s1. The van der Waals surface area contributed by atoms with Gasteiger partial charge in [0.15, 0.2) is 0 Å². The van der Waals surface area contributed by atoms with Crippen molar-refractivity contribution in [1.82, 2.24) is 9.29 Å². The Kier molecular flexibility index (Phi) is 8.01. The van der Waals surface area contributed by atoms with E-state index in [0.717, 1.165) is 23.4 Å². The Hall–Kier alpha value is -3.01. The van der Waals surface area contributed by atoms with Gasteiger partial charge >= 0.3 is 0 Å². The molecule has 176 valence electrons. The van der Waals surface area contributed by atoms with Gasteiger partial charge in [0.2, 0.25) is 10.0 Å². The van der Waals surface area contributed by atoms with Crippen LogP contribution in [0.1, 0.15) is 29.8 Å². The molecule has 0 saturated carbocycles. The molecule has 1 N–H and O–H groups in total. The molecule has 0 bridgehead atoms. The highest BCUT2D eigenvalue weighted by atomic mass is 32.2. The van der Waals surface area contributed by atoms with Crippen LogP contribution in [0.4, 0.5) is 4.39 Å². The lowest BCUT2D eigenvalue weighted by atomic mass is 10.2. The summed E-state index contributed by atoms with van der Waals surface area (Å²) in [7, 11) is -0.884. The number of aliphatic hydroxyl groups is 1. The zero-order valence-electron chi connectivity index (χ0n) is 18.7. The summed E-state index contributed by atoms with van der Waals surface area (Å²) in [6, 6.07) is 16.6. The smallest absolute Gasteiger partial charge is 0.220 e. The first-order valence-corrected chi connectivity index (χ1v) is 11.8. The minimum absolute atomic E-state index is 0.0846. The van der Waals surface area contributed by atoms with E-state index < -0.39 is 27.2 Å². The average Bonchev–Trinajstić information content (AvgIpc) is 2.84. The SMILES string of the molecule is COc1ccc(CN(Cc2ccc(OC)cc2)S(=O)(=O)[C@@H](C)[C@H](O)c2ccc(F)cn2)cc1. The van der Waals surface area contributed by atoms with Gasteiger partial charge in [0.05, 0.1) is 26.1 Å². The van der Waals surface area contributed by atoms with Gasteiger partial charge in [-0.15, -0.1) is 0 Å². The molecule has 7 nitrogen and oxygen atoms in total. The third-order valence-corrected chi connectivity index (χ3v) is 7.54. The Balaban J connectivity index is 1.91. The third-order valence-electron chi connectivity index (χ3n) is 5.36. The van der Waals surface area contributed by atoms with E-state index in [1.54, 1.807) is 62.8 Å². The van der Waals surface area contributed by atoms with Crippen LogP contribution in [0.25, 0.3) is 0 Å². The topological polar surface area (TPSA) is 89.0 Å². The summed E-state index contributed by atoms with van der Waals surface area (Å²) in [5, 5.41) is 9.49. The highest BCUT2D eigenvalue weighted by molar-refractivity contribution is 7.89. The molecule has 9 heteroatoms. The van der Waals surface area contributed by atoms with Crippen LogP contribution in [-0.4, -0.2) is 42.3 Å². The fourth-order valence-electron chi connectivity index (χ4n) is 3.31. The lowest BCUT2D eigenvalue weighted by molar-refractivity contribution is 0.167. The molecule has 3 rings (SSSR count). The highest BCUT2D eigenvalue weighted by Gasteiger charge is 2.35. The predicted octanol–water partition coefficient (Wildman–Crippen LogP) is 3.69. The lowest BCUT2D eigenvalue weighted by Crippen LogP contribution is -2.39. The van der Waals surface area contributed by atoms with E-state index in [0.29, 0.717) is 11.5 Å². The zero-order valence-corrected chi connectivity index (χ0v) is 19.5. The third kappa shape index (κ3) is 6.07. The lowest BCUT2D eigenvalue weighted by Gasteiger charge is -2.28. The first-order valence-electron chi connectivity index (χ1n) is 10.3. The molecule has 0 saturated heterocycles. The summed E-state index contributed by atoms with van der Waals surface area (Å²) in [6.45, 7) is 1.60. The van der Waals surface area contributed by atoms with Crippen molar-refractivity contribution in [2.45, 2.75) is 31.4 Å². The van der Waals surface area contributed by atoms with Crippen LogP contribution in [0.15, 0.2) is 66.9 Å². The second kappa shape index (κ2) is 10.7. The number of ether oxygens (including phenoxy) is 2. The van der Waals surface area contributed by atoms with Gasteiger partial charge in [0.25, 0.3) is 0 Å². The predicted molar refractivity (Wildman–Crippen MR) is 123 cm³/mol. The maximum Gasteiger partial charge on any atom is 0.220 e. The zero-order chi connectivity index (χ0) is 24.0. The normalized spacial score (nSPS) is 13.5. The molecule has 1 heterocycles. The second-order valence-corrected chi connectivity index (χ2v) is 9.85. The Labute approximate surface area is 193 Å². The number of sulfonamides is 1. The van der Waals surface area contributed by atoms with Crippen molar-refractivity contribution in [3.63, 3.8) is 0 Å². The van der Waals surface area contributed by atoms with Crippen molar-refractivity contribution in [1.29, 1.82) is 0 Å². The number of pyridine rings is 1. The van der Waals surface area contributed by atoms with Crippen molar-refractivity contribution in [3.05, 3.63) is 89.5 Å². The maximum absolute atomic E-state index is 13.6. The monoisotopic (exact) mass is 474 g/mol. The Bertz CT molecular complexity index is 1090. The summed E-state index contributed by atoms with van der Waals surface area (Å²) in [5.74, 6) is 0.756. The van der Waals surface area contributed by atoms with E-state index >= 15 is 0 Å². The molecule has 0 aliphatic rings. The molecule has 0 amide bonds. The number of aliphatic hydroxyl groups excluding tert-OH is 1. The van der Waals surface area contributed by atoms with Crippen LogP contribution in [0.3, 0.4) is 0 Å². The van der Waals surface area contributed by atoms with Crippen LogP contribution in [0.2, 0.25) is 0 Å². The summed E-state index contributed by atoms with van der Waals surface area (Å²) in [6.07, 6.45) is -0.477. The molecule has 0 unspecified atom stereocenters. The van der Waals surface area contributed by atoms with Gasteiger partial charge in [0, 0.05) is 13.1 Å². The number of nitrogens with zero attached hydrogens (tertiary/aromatic N) is 2. The van der Waals surface area contributed by atoms with Crippen molar-refractivity contribution in [3.8, 4) is 11.5 Å². The highest BCUT2D eigenvalue weighted by Crippen LogP contribution is 2.27. The van der Waals surface area contributed by atoms with Gasteiger partial charge in [-0.05, 0) is 54.4 Å². The average molecular weight is 475 g/mol. The first kappa shape index (κ1) is 24.6. The molecule has 2 atom stereocenters. The molecule has 2 aromatic carbocycles. The van der Waals surface area contributed by atoms with E-state index in [9.17, 15) is 17.9 Å². The molecule has 1 aromatic heterocycles. The molecular weight excluding hydrogens is 447 g/mol. The van der Waals surface area contributed by atoms with Crippen molar-refractivity contribution in [2.75, 3.05) is 14.2 Å². The van der Waals surface area contributed by atoms with E-state index in [1.807, 2.05) is 0 Å². The number of hydrogen-bond donors (Lipinski definition) is 1. The maximum atomic E-state index is 13.6. The summed E-state index contributed by atoms with van der Waals surface area (Å²) in [4.78, 5) is 3.84. The van der Waals surface area contributed by atoms with Crippen LogP contribution in [0, 0.1) is 5.82 Å². The fourth-order valence-corrected chi connectivity index (χ4v) is 4.90. The van der Waals surface area contributed by atoms with Crippen molar-refractivity contribution >= 4 is 10.0 Å². The second-order valence-electron chi connectivity index (χ2n) is 7.56. The molecule has 3 aromatic rings. The van der Waals surface area contributed by atoms with E-state index in [-0.39, 0.29) is 18.8 Å². The summed E-state index contributed by atoms with van der Waals surface area (Å²) < 4.78 is 52.0. The van der Waals surface area contributed by atoms with Gasteiger partial charge in [-0.25, -0.2) is 12.8 Å². The van der Waals surface area contributed by atoms with Crippen molar-refractivity contribution < 1.29 is 27.4 Å².